The first-order chi connectivity index (χ1) is 8.72. The third kappa shape index (κ3) is 2.68. The lowest BCUT2D eigenvalue weighted by Gasteiger charge is -2.24. The van der Waals surface area contributed by atoms with Gasteiger partial charge in [0.2, 0.25) is 0 Å². The summed E-state index contributed by atoms with van der Waals surface area (Å²) in [7, 11) is 0. The molecule has 1 unspecified atom stereocenters. The van der Waals surface area contributed by atoms with Gasteiger partial charge in [-0.2, -0.15) is 5.26 Å². The van der Waals surface area contributed by atoms with E-state index < -0.39 is 5.97 Å². The van der Waals surface area contributed by atoms with Crippen LogP contribution in [0, 0.1) is 18.3 Å². The highest BCUT2D eigenvalue weighted by molar-refractivity contribution is 5.87. The average molecular weight is 249 g/mol. The number of hydrogen-bond donors (Lipinski definition) is 0. The number of nitrogens with zero attached hydrogens (tertiary/aromatic N) is 3. The summed E-state index contributed by atoms with van der Waals surface area (Å²) in [6.45, 7) is 2.29. The first kappa shape index (κ1) is 12.6. The number of aryl methyl sites for hydroxylation is 1. The Morgan fingerprint density at radius 2 is 2.56 bits per heavy atom. The van der Waals surface area contributed by atoms with Crippen LogP contribution in [-0.2, 0) is 9.47 Å². The molecule has 6 nitrogen and oxygen atoms in total. The van der Waals surface area contributed by atoms with Crippen molar-refractivity contribution >= 4 is 5.97 Å². The highest BCUT2D eigenvalue weighted by Crippen LogP contribution is 2.24. The second kappa shape index (κ2) is 5.65. The molecule has 0 amide bonds. The minimum absolute atomic E-state index is 0.0521. The maximum absolute atomic E-state index is 11.6. The van der Waals surface area contributed by atoms with Crippen molar-refractivity contribution in [3.05, 3.63) is 17.7 Å². The lowest BCUT2D eigenvalue weighted by Crippen LogP contribution is -2.18. The number of hydrogen-bond acceptors (Lipinski definition) is 5. The molecule has 0 N–H and O–H groups in total. The number of carbonyl (C=O) groups excluding carboxylic acids is 1. The van der Waals surface area contributed by atoms with Gasteiger partial charge < -0.3 is 14.0 Å². The molecule has 1 aliphatic rings. The second-order valence-electron chi connectivity index (χ2n) is 4.14. The highest BCUT2D eigenvalue weighted by Gasteiger charge is 2.21. The van der Waals surface area contributed by atoms with E-state index in [-0.39, 0.29) is 18.5 Å². The van der Waals surface area contributed by atoms with Crippen molar-refractivity contribution in [2.45, 2.75) is 32.4 Å². The van der Waals surface area contributed by atoms with Gasteiger partial charge in [0.1, 0.15) is 18.1 Å². The van der Waals surface area contributed by atoms with Gasteiger partial charge in [0.25, 0.3) is 0 Å². The number of carbonyl (C=O) groups is 1. The predicted octanol–water partition coefficient (Wildman–Crippen LogP) is 1.57. The summed E-state index contributed by atoms with van der Waals surface area (Å²) in [5.74, 6) is 0.139. The number of ether oxygens (including phenoxy) is 2. The number of rotatable bonds is 3. The van der Waals surface area contributed by atoms with Crippen molar-refractivity contribution in [2.24, 2.45) is 0 Å². The van der Waals surface area contributed by atoms with E-state index in [1.165, 1.54) is 0 Å². The molecular weight excluding hydrogens is 234 g/mol. The van der Waals surface area contributed by atoms with E-state index in [1.54, 1.807) is 12.3 Å². The van der Waals surface area contributed by atoms with E-state index in [2.05, 4.69) is 4.98 Å². The predicted molar refractivity (Wildman–Crippen MR) is 61.7 cm³/mol. The van der Waals surface area contributed by atoms with E-state index in [4.69, 9.17) is 14.7 Å². The molecular formula is C12H15N3O3. The zero-order valence-corrected chi connectivity index (χ0v) is 10.3. The van der Waals surface area contributed by atoms with Crippen molar-refractivity contribution in [1.82, 2.24) is 9.55 Å². The molecule has 0 bridgehead atoms. The molecule has 2 rings (SSSR count). The Hall–Kier alpha value is -1.87. The monoisotopic (exact) mass is 249 g/mol. The van der Waals surface area contributed by atoms with E-state index in [1.807, 2.05) is 11.5 Å². The molecule has 1 saturated heterocycles. The molecule has 1 aromatic rings. The summed E-state index contributed by atoms with van der Waals surface area (Å²) in [5, 5.41) is 8.35. The standard InChI is InChI=1S/C12H15N3O3/c1-9-14-10(12(16)18-7-5-13)8-15(9)11-4-2-3-6-17-11/h8,11H,2-4,6-7H2,1H3. The molecule has 0 radical (unpaired) electrons. The van der Waals surface area contributed by atoms with Gasteiger partial charge in [-0.1, -0.05) is 0 Å². The Balaban J connectivity index is 2.11. The number of imidazole rings is 1. The van der Waals surface area contributed by atoms with Crippen molar-refractivity contribution in [3.63, 3.8) is 0 Å². The van der Waals surface area contributed by atoms with Crippen LogP contribution < -0.4 is 0 Å². The summed E-state index contributed by atoms with van der Waals surface area (Å²) in [5.41, 5.74) is 0.219. The Bertz CT molecular complexity index is 469. The van der Waals surface area contributed by atoms with Gasteiger partial charge in [-0.05, 0) is 26.2 Å². The van der Waals surface area contributed by atoms with Crippen LogP contribution in [0.2, 0.25) is 0 Å². The summed E-state index contributed by atoms with van der Waals surface area (Å²) in [4.78, 5) is 15.7. The van der Waals surface area contributed by atoms with E-state index >= 15 is 0 Å². The molecule has 0 aromatic carbocycles. The fourth-order valence-corrected chi connectivity index (χ4v) is 1.99. The maximum Gasteiger partial charge on any atom is 0.359 e. The van der Waals surface area contributed by atoms with E-state index in [9.17, 15) is 4.79 Å². The van der Waals surface area contributed by atoms with Crippen LogP contribution in [0.4, 0.5) is 0 Å². The van der Waals surface area contributed by atoms with Gasteiger partial charge in [-0.25, -0.2) is 9.78 Å². The van der Waals surface area contributed by atoms with Gasteiger partial charge in [-0.15, -0.1) is 0 Å². The topological polar surface area (TPSA) is 77.1 Å². The molecule has 1 atom stereocenters. The third-order valence-electron chi connectivity index (χ3n) is 2.86. The van der Waals surface area contributed by atoms with Gasteiger partial charge in [0, 0.05) is 12.8 Å². The summed E-state index contributed by atoms with van der Waals surface area (Å²) < 4.78 is 12.2. The van der Waals surface area contributed by atoms with Crippen molar-refractivity contribution < 1.29 is 14.3 Å². The first-order valence-electron chi connectivity index (χ1n) is 5.93. The first-order valence-corrected chi connectivity index (χ1v) is 5.93. The fourth-order valence-electron chi connectivity index (χ4n) is 1.99. The molecule has 0 aliphatic carbocycles. The summed E-state index contributed by atoms with van der Waals surface area (Å²) >= 11 is 0. The van der Waals surface area contributed by atoms with Crippen molar-refractivity contribution in [2.75, 3.05) is 13.2 Å². The van der Waals surface area contributed by atoms with Gasteiger partial charge in [0.15, 0.2) is 12.3 Å². The van der Waals surface area contributed by atoms with Gasteiger partial charge in [0.05, 0.1) is 0 Å². The fraction of sp³-hybridized carbons (Fsp3) is 0.583. The van der Waals surface area contributed by atoms with Crippen LogP contribution in [0.15, 0.2) is 6.20 Å². The molecule has 0 saturated carbocycles. The summed E-state index contributed by atoms with van der Waals surface area (Å²) in [6.07, 6.45) is 4.68. The number of esters is 1. The Kier molecular flexibility index (Phi) is 3.95. The highest BCUT2D eigenvalue weighted by atomic mass is 16.5. The Morgan fingerprint density at radius 1 is 1.72 bits per heavy atom. The van der Waals surface area contributed by atoms with Gasteiger partial charge in [-0.3, -0.25) is 0 Å². The largest absolute Gasteiger partial charge is 0.446 e. The molecule has 0 spiro atoms. The zero-order chi connectivity index (χ0) is 13.0. The van der Waals surface area contributed by atoms with E-state index in [0.29, 0.717) is 5.82 Å². The second-order valence-corrected chi connectivity index (χ2v) is 4.14. The SMILES string of the molecule is Cc1nc(C(=O)OCC#N)cn1C1CCCCO1. The minimum Gasteiger partial charge on any atom is -0.446 e. The van der Waals surface area contributed by atoms with Crippen LogP contribution in [0.3, 0.4) is 0 Å². The number of aromatic nitrogens is 2. The molecule has 96 valence electrons. The maximum atomic E-state index is 11.6. The third-order valence-corrected chi connectivity index (χ3v) is 2.86. The summed E-state index contributed by atoms with van der Waals surface area (Å²) in [6, 6.07) is 1.75. The normalized spacial score (nSPS) is 19.2. The van der Waals surface area contributed by atoms with Crippen LogP contribution in [0.25, 0.3) is 0 Å². The van der Waals surface area contributed by atoms with E-state index in [0.717, 1.165) is 25.9 Å². The molecule has 18 heavy (non-hydrogen) atoms. The van der Waals surface area contributed by atoms with Crippen LogP contribution >= 0.6 is 0 Å². The van der Waals surface area contributed by atoms with Crippen LogP contribution in [-0.4, -0.2) is 28.7 Å². The smallest absolute Gasteiger partial charge is 0.359 e. The quantitative estimate of drug-likeness (QED) is 0.760. The van der Waals surface area contributed by atoms with Crippen molar-refractivity contribution in [1.29, 1.82) is 5.26 Å². The Labute approximate surface area is 105 Å². The minimum atomic E-state index is -0.575. The number of nitriles is 1. The lowest BCUT2D eigenvalue weighted by molar-refractivity contribution is -0.0331. The van der Waals surface area contributed by atoms with Crippen LogP contribution in [0.1, 0.15) is 41.8 Å². The zero-order valence-electron chi connectivity index (χ0n) is 10.3. The molecule has 1 aromatic heterocycles. The lowest BCUT2D eigenvalue weighted by atomic mass is 10.2. The van der Waals surface area contributed by atoms with Gasteiger partial charge >= 0.3 is 5.97 Å². The molecule has 6 heteroatoms. The Morgan fingerprint density at radius 3 is 3.22 bits per heavy atom. The van der Waals surface area contributed by atoms with Crippen LogP contribution in [0.5, 0.6) is 0 Å². The molecule has 2 heterocycles. The average Bonchev–Trinajstić information content (AvgIpc) is 2.79. The molecule has 1 aliphatic heterocycles. The molecule has 1 fully saturated rings. The van der Waals surface area contributed by atoms with Crippen molar-refractivity contribution in [3.8, 4) is 6.07 Å².